The van der Waals surface area contributed by atoms with E-state index in [4.69, 9.17) is 10.5 Å². The molecule has 122 valence electrons. The van der Waals surface area contributed by atoms with Crippen molar-refractivity contribution in [3.63, 3.8) is 0 Å². The molecule has 1 heterocycles. The summed E-state index contributed by atoms with van der Waals surface area (Å²) in [4.78, 5) is 46.4. The van der Waals surface area contributed by atoms with Gasteiger partial charge in [0.05, 0.1) is 24.3 Å². The zero-order chi connectivity index (χ0) is 17.1. The quantitative estimate of drug-likeness (QED) is 0.590. The number of hydrogen-bond donors (Lipinski definition) is 1. The first-order chi connectivity index (χ1) is 10.8. The molecular formula is C15H17N3O5. The maximum atomic E-state index is 12.3. The average molecular weight is 319 g/mol. The van der Waals surface area contributed by atoms with E-state index >= 15 is 0 Å². The van der Waals surface area contributed by atoms with Crippen LogP contribution in [0.15, 0.2) is 11.6 Å². The summed E-state index contributed by atoms with van der Waals surface area (Å²) in [5, 5.41) is 4.18. The molecule has 23 heavy (non-hydrogen) atoms. The van der Waals surface area contributed by atoms with Gasteiger partial charge in [0.25, 0.3) is 0 Å². The number of esters is 1. The topological polar surface area (TPSA) is 121 Å². The van der Waals surface area contributed by atoms with Crippen LogP contribution in [-0.2, 0) is 27.3 Å². The number of nitrogens with zero attached hydrogens (tertiary/aromatic N) is 2. The zero-order valence-corrected chi connectivity index (χ0v) is 12.9. The molecule has 1 aliphatic rings. The lowest BCUT2D eigenvalue weighted by Crippen LogP contribution is -2.20. The van der Waals surface area contributed by atoms with Crippen LogP contribution in [0.25, 0.3) is 0 Å². The minimum Gasteiger partial charge on any atom is -0.466 e. The fourth-order valence-corrected chi connectivity index (χ4v) is 2.40. The van der Waals surface area contributed by atoms with Gasteiger partial charge in [0.15, 0.2) is 5.78 Å². The summed E-state index contributed by atoms with van der Waals surface area (Å²) in [6, 6.07) is 0. The molecule has 0 saturated heterocycles. The van der Waals surface area contributed by atoms with Crippen LogP contribution in [-0.4, -0.2) is 39.8 Å². The third kappa shape index (κ3) is 3.53. The zero-order valence-electron chi connectivity index (χ0n) is 12.9. The van der Waals surface area contributed by atoms with Gasteiger partial charge in [-0.3, -0.25) is 23.9 Å². The molecule has 0 unspecified atom stereocenters. The fraction of sp³-hybridized carbons (Fsp3) is 0.400. The summed E-state index contributed by atoms with van der Waals surface area (Å²) < 4.78 is 6.21. The minimum absolute atomic E-state index is 0.131. The van der Waals surface area contributed by atoms with Gasteiger partial charge in [0, 0.05) is 25.5 Å². The second-order valence-corrected chi connectivity index (χ2v) is 5.25. The number of carbonyl (C=O) groups is 4. The van der Waals surface area contributed by atoms with Crippen molar-refractivity contribution in [3.8, 4) is 0 Å². The second-order valence-electron chi connectivity index (χ2n) is 5.25. The Morgan fingerprint density at radius 1 is 1.35 bits per heavy atom. The lowest BCUT2D eigenvalue weighted by atomic mass is 9.93. The van der Waals surface area contributed by atoms with E-state index in [0.29, 0.717) is 12.0 Å². The smallest absolute Gasteiger partial charge is 0.302 e. The molecule has 8 heteroatoms. The van der Waals surface area contributed by atoms with E-state index in [-0.39, 0.29) is 48.1 Å². The van der Waals surface area contributed by atoms with Crippen LogP contribution in [0.1, 0.15) is 46.8 Å². The summed E-state index contributed by atoms with van der Waals surface area (Å²) in [7, 11) is 0. The van der Waals surface area contributed by atoms with Crippen molar-refractivity contribution in [1.29, 1.82) is 0 Å². The first kappa shape index (κ1) is 16.6. The van der Waals surface area contributed by atoms with Gasteiger partial charge in [0.1, 0.15) is 5.69 Å². The predicted molar refractivity (Wildman–Crippen MR) is 78.8 cm³/mol. The maximum absolute atomic E-state index is 12.3. The highest BCUT2D eigenvalue weighted by molar-refractivity contribution is 6.24. The molecular weight excluding hydrogens is 302 g/mol. The van der Waals surface area contributed by atoms with Gasteiger partial charge >= 0.3 is 5.97 Å². The van der Waals surface area contributed by atoms with E-state index in [1.165, 1.54) is 17.7 Å². The molecule has 0 atom stereocenters. The SMILES string of the molecule is CC(=O)OCCCn1nc(CC(N)=O)c2c1C(=O)C(C)=CC2=O. The number of nitrogens with two attached hydrogens (primary N) is 1. The van der Waals surface area contributed by atoms with Crippen molar-refractivity contribution in [2.45, 2.75) is 33.2 Å². The molecule has 0 fully saturated rings. The standard InChI is InChI=1S/C15H17N3O5/c1-8-6-11(20)13-10(7-12(16)21)17-18(14(13)15(8)22)4-3-5-23-9(2)19/h6H,3-5,7H2,1-2H3,(H2,16,21). The number of amides is 1. The number of Topliss-reactive ketones (excluding diaryl/α,β-unsaturated/α-hetero) is 1. The molecule has 0 saturated carbocycles. The minimum atomic E-state index is -0.635. The van der Waals surface area contributed by atoms with E-state index in [9.17, 15) is 19.2 Å². The van der Waals surface area contributed by atoms with Crippen molar-refractivity contribution in [2.75, 3.05) is 6.61 Å². The van der Waals surface area contributed by atoms with E-state index < -0.39 is 11.9 Å². The van der Waals surface area contributed by atoms with Crippen LogP contribution in [0.4, 0.5) is 0 Å². The Morgan fingerprint density at radius 3 is 2.65 bits per heavy atom. The normalized spacial score (nSPS) is 13.6. The Bertz CT molecular complexity index is 730. The Hall–Kier alpha value is -2.77. The Labute approximate surface area is 132 Å². The van der Waals surface area contributed by atoms with Crippen molar-refractivity contribution < 1.29 is 23.9 Å². The first-order valence-corrected chi connectivity index (χ1v) is 7.10. The van der Waals surface area contributed by atoms with Gasteiger partial charge in [-0.2, -0.15) is 5.10 Å². The number of ketones is 2. The van der Waals surface area contributed by atoms with Crippen LogP contribution in [0.2, 0.25) is 0 Å². The average Bonchev–Trinajstić information content (AvgIpc) is 2.79. The lowest BCUT2D eigenvalue weighted by Gasteiger charge is -2.12. The number of allylic oxidation sites excluding steroid dienone is 2. The Morgan fingerprint density at radius 2 is 2.04 bits per heavy atom. The molecule has 8 nitrogen and oxygen atoms in total. The van der Waals surface area contributed by atoms with Crippen LogP contribution < -0.4 is 5.73 Å². The first-order valence-electron chi connectivity index (χ1n) is 7.10. The molecule has 1 amide bonds. The number of carbonyl (C=O) groups excluding carboxylic acids is 4. The van der Waals surface area contributed by atoms with E-state index in [2.05, 4.69) is 5.10 Å². The van der Waals surface area contributed by atoms with Crippen molar-refractivity contribution in [1.82, 2.24) is 9.78 Å². The monoisotopic (exact) mass is 319 g/mol. The van der Waals surface area contributed by atoms with Gasteiger partial charge in [-0.15, -0.1) is 0 Å². The summed E-state index contributed by atoms with van der Waals surface area (Å²) in [6.45, 7) is 3.30. The third-order valence-corrected chi connectivity index (χ3v) is 3.35. The third-order valence-electron chi connectivity index (χ3n) is 3.35. The molecule has 1 aromatic rings. The molecule has 0 bridgehead atoms. The highest BCUT2D eigenvalue weighted by atomic mass is 16.5. The fourth-order valence-electron chi connectivity index (χ4n) is 2.40. The predicted octanol–water partition coefficient (Wildman–Crippen LogP) is 0.189. The van der Waals surface area contributed by atoms with E-state index in [1.807, 2.05) is 0 Å². The Balaban J connectivity index is 2.33. The molecule has 1 aromatic heterocycles. The van der Waals surface area contributed by atoms with Gasteiger partial charge in [-0.1, -0.05) is 0 Å². The van der Waals surface area contributed by atoms with Crippen molar-refractivity contribution in [3.05, 3.63) is 28.6 Å². The van der Waals surface area contributed by atoms with Gasteiger partial charge < -0.3 is 10.5 Å². The molecule has 2 N–H and O–H groups in total. The molecule has 1 aliphatic carbocycles. The van der Waals surface area contributed by atoms with Crippen molar-refractivity contribution in [2.24, 2.45) is 5.73 Å². The number of rotatable bonds is 6. The highest BCUT2D eigenvalue weighted by Crippen LogP contribution is 2.25. The van der Waals surface area contributed by atoms with Crippen molar-refractivity contribution >= 4 is 23.4 Å². The number of ether oxygens (including phenoxy) is 1. The van der Waals surface area contributed by atoms with E-state index in [1.54, 1.807) is 6.92 Å². The van der Waals surface area contributed by atoms with Gasteiger partial charge in [-0.25, -0.2) is 0 Å². The number of aromatic nitrogens is 2. The summed E-state index contributed by atoms with van der Waals surface area (Å²) in [5.74, 6) is -1.70. The highest BCUT2D eigenvalue weighted by Gasteiger charge is 2.32. The molecule has 2 rings (SSSR count). The van der Waals surface area contributed by atoms with Crippen LogP contribution in [0.3, 0.4) is 0 Å². The van der Waals surface area contributed by atoms with Gasteiger partial charge in [-0.05, 0) is 13.0 Å². The Kier molecular flexibility index (Phi) is 4.73. The van der Waals surface area contributed by atoms with Crippen LogP contribution in [0, 0.1) is 0 Å². The molecule has 0 radical (unpaired) electrons. The van der Waals surface area contributed by atoms with Gasteiger partial charge in [0.2, 0.25) is 11.7 Å². The van der Waals surface area contributed by atoms with E-state index in [0.717, 1.165) is 0 Å². The molecule has 0 spiro atoms. The summed E-state index contributed by atoms with van der Waals surface area (Å²) >= 11 is 0. The maximum Gasteiger partial charge on any atom is 0.302 e. The number of primary amides is 1. The van der Waals surface area contributed by atoms with Crippen LogP contribution in [0.5, 0.6) is 0 Å². The molecule has 0 aliphatic heterocycles. The lowest BCUT2D eigenvalue weighted by molar-refractivity contribution is -0.141. The largest absolute Gasteiger partial charge is 0.466 e. The number of hydrogen-bond acceptors (Lipinski definition) is 6. The second kappa shape index (κ2) is 6.55. The number of aryl methyl sites for hydroxylation is 1. The summed E-state index contributed by atoms with van der Waals surface area (Å²) in [5.41, 5.74) is 5.97. The van der Waals surface area contributed by atoms with Crippen LogP contribution >= 0.6 is 0 Å². The number of fused-ring (bicyclic) bond motifs is 1. The summed E-state index contributed by atoms with van der Waals surface area (Å²) in [6.07, 6.45) is 1.44. The molecule has 0 aromatic carbocycles.